The van der Waals surface area contributed by atoms with E-state index in [-0.39, 0.29) is 35.6 Å². The number of aromatic hydroxyl groups is 1. The first-order valence-corrected chi connectivity index (χ1v) is 7.27. The summed E-state index contributed by atoms with van der Waals surface area (Å²) in [5, 5.41) is 22.0. The van der Waals surface area contributed by atoms with Crippen molar-refractivity contribution < 1.29 is 29.0 Å². The molecule has 128 valence electrons. The molecule has 1 atom stereocenters. The molecular weight excluding hydrogens is 318 g/mol. The highest BCUT2D eigenvalue weighted by atomic mass is 16.5. The number of hydrogen-bond acceptors (Lipinski definition) is 7. The van der Waals surface area contributed by atoms with Crippen LogP contribution >= 0.6 is 0 Å². The number of carboxylic acids is 1. The third-order valence-electron chi connectivity index (χ3n) is 3.43. The predicted molar refractivity (Wildman–Crippen MR) is 84.0 cm³/mol. The number of fused-ring (bicyclic) bond motifs is 1. The molecule has 24 heavy (non-hydrogen) atoms. The van der Waals surface area contributed by atoms with Gasteiger partial charge in [0.25, 0.3) is 0 Å². The molecule has 0 aliphatic carbocycles. The van der Waals surface area contributed by atoms with Crippen molar-refractivity contribution in [2.24, 2.45) is 0 Å². The van der Waals surface area contributed by atoms with Crippen molar-refractivity contribution in [1.29, 1.82) is 0 Å². The van der Waals surface area contributed by atoms with Crippen molar-refractivity contribution in [3.8, 4) is 5.75 Å². The first-order chi connectivity index (χ1) is 11.3. The molecule has 3 N–H and O–H groups in total. The van der Waals surface area contributed by atoms with Gasteiger partial charge >= 0.3 is 17.6 Å². The molecule has 0 radical (unpaired) electrons. The van der Waals surface area contributed by atoms with Crippen LogP contribution in [0.4, 0.5) is 0 Å². The number of nitrogens with one attached hydrogen (secondary N) is 1. The van der Waals surface area contributed by atoms with E-state index in [1.807, 2.05) is 0 Å². The number of carbonyl (C=O) groups excluding carboxylic acids is 1. The van der Waals surface area contributed by atoms with Crippen LogP contribution in [0.15, 0.2) is 27.4 Å². The Bertz CT molecular complexity index is 840. The van der Waals surface area contributed by atoms with Gasteiger partial charge in [-0.1, -0.05) is 0 Å². The summed E-state index contributed by atoms with van der Waals surface area (Å²) in [7, 11) is 0. The van der Waals surface area contributed by atoms with Crippen LogP contribution in [-0.4, -0.2) is 34.8 Å². The van der Waals surface area contributed by atoms with Crippen LogP contribution in [-0.2, 0) is 16.1 Å². The normalized spacial score (nSPS) is 12.1. The van der Waals surface area contributed by atoms with Gasteiger partial charge in [-0.15, -0.1) is 0 Å². The molecule has 0 aliphatic rings. The molecular formula is C16H17NO7. The van der Waals surface area contributed by atoms with E-state index in [0.717, 1.165) is 0 Å². The summed E-state index contributed by atoms with van der Waals surface area (Å²) >= 11 is 0. The maximum atomic E-state index is 12.0. The number of phenolic OH excluding ortho intramolecular Hbond substituents is 1. The lowest BCUT2D eigenvalue weighted by Gasteiger charge is -2.12. The summed E-state index contributed by atoms with van der Waals surface area (Å²) in [5.41, 5.74) is -0.821. The third-order valence-corrected chi connectivity index (χ3v) is 3.43. The van der Waals surface area contributed by atoms with Gasteiger partial charge in [-0.3, -0.25) is 4.79 Å². The van der Waals surface area contributed by atoms with Crippen LogP contribution in [0.5, 0.6) is 5.75 Å². The largest absolute Gasteiger partial charge is 0.507 e. The van der Waals surface area contributed by atoms with Crippen LogP contribution in [0.25, 0.3) is 11.0 Å². The van der Waals surface area contributed by atoms with E-state index in [1.165, 1.54) is 25.1 Å². The Hall–Kier alpha value is -2.87. The van der Waals surface area contributed by atoms with Crippen molar-refractivity contribution in [3.63, 3.8) is 0 Å². The van der Waals surface area contributed by atoms with Crippen molar-refractivity contribution in [2.75, 3.05) is 6.61 Å². The van der Waals surface area contributed by atoms with Gasteiger partial charge in [0, 0.05) is 11.9 Å². The lowest BCUT2D eigenvalue weighted by atomic mass is 10.1. The van der Waals surface area contributed by atoms with E-state index < -0.39 is 23.6 Å². The number of carboxylic acid groups (broad SMARTS) is 1. The second-order valence-corrected chi connectivity index (χ2v) is 5.09. The number of benzene rings is 1. The molecule has 0 amide bonds. The fraction of sp³-hybridized carbons (Fsp3) is 0.312. The van der Waals surface area contributed by atoms with Gasteiger partial charge in [0.2, 0.25) is 0 Å². The molecule has 1 aromatic heterocycles. The number of phenols is 1. The molecule has 0 fully saturated rings. The van der Waals surface area contributed by atoms with Gasteiger partial charge in [0.1, 0.15) is 22.9 Å². The monoisotopic (exact) mass is 335 g/mol. The average Bonchev–Trinajstić information content (AvgIpc) is 2.53. The Morgan fingerprint density at radius 2 is 2.08 bits per heavy atom. The number of ether oxygens (including phenoxy) is 1. The molecule has 0 bridgehead atoms. The van der Waals surface area contributed by atoms with Crippen molar-refractivity contribution in [2.45, 2.75) is 26.4 Å². The topological polar surface area (TPSA) is 126 Å². The maximum absolute atomic E-state index is 12.0. The van der Waals surface area contributed by atoms with Crippen LogP contribution in [0.1, 0.15) is 29.8 Å². The van der Waals surface area contributed by atoms with Gasteiger partial charge in [-0.25, -0.2) is 9.59 Å². The van der Waals surface area contributed by atoms with Crippen LogP contribution < -0.4 is 10.9 Å². The zero-order valence-corrected chi connectivity index (χ0v) is 13.2. The Balaban J connectivity index is 2.47. The zero-order chi connectivity index (χ0) is 17.9. The molecule has 0 saturated carbocycles. The summed E-state index contributed by atoms with van der Waals surface area (Å²) in [5.74, 6) is -2.00. The minimum atomic E-state index is -1.05. The summed E-state index contributed by atoms with van der Waals surface area (Å²) < 4.78 is 9.95. The Morgan fingerprint density at radius 1 is 1.38 bits per heavy atom. The van der Waals surface area contributed by atoms with Gasteiger partial charge in [0.15, 0.2) is 0 Å². The Morgan fingerprint density at radius 3 is 2.71 bits per heavy atom. The van der Waals surface area contributed by atoms with E-state index >= 15 is 0 Å². The number of rotatable bonds is 6. The molecule has 1 heterocycles. The first-order valence-electron chi connectivity index (χ1n) is 7.27. The first kappa shape index (κ1) is 17.5. The highest BCUT2D eigenvalue weighted by Gasteiger charge is 2.19. The number of carbonyl (C=O) groups is 2. The molecule has 0 spiro atoms. The summed E-state index contributed by atoms with van der Waals surface area (Å²) in [6.07, 6.45) is 0. The minimum absolute atomic E-state index is 0.0294. The molecule has 1 unspecified atom stereocenters. The van der Waals surface area contributed by atoms with E-state index in [2.05, 4.69) is 5.32 Å². The Labute approximate surface area is 136 Å². The van der Waals surface area contributed by atoms with Gasteiger partial charge in [0.05, 0.1) is 12.2 Å². The minimum Gasteiger partial charge on any atom is -0.507 e. The molecule has 2 rings (SSSR count). The van der Waals surface area contributed by atoms with Gasteiger partial charge in [-0.2, -0.15) is 0 Å². The zero-order valence-electron chi connectivity index (χ0n) is 13.2. The van der Waals surface area contributed by atoms with Crippen LogP contribution in [0.2, 0.25) is 0 Å². The van der Waals surface area contributed by atoms with Gasteiger partial charge < -0.3 is 24.7 Å². The fourth-order valence-corrected chi connectivity index (χ4v) is 2.10. The summed E-state index contributed by atoms with van der Waals surface area (Å²) in [6.45, 7) is 3.15. The SMILES string of the molecule is CCOC(=O)c1cc2ccc(O)c(CNC(C)C(=O)O)c2oc1=O. The fourth-order valence-electron chi connectivity index (χ4n) is 2.10. The molecule has 2 aromatic rings. The molecule has 0 saturated heterocycles. The number of hydrogen-bond donors (Lipinski definition) is 3. The number of aliphatic carboxylic acids is 1. The molecule has 8 heteroatoms. The standard InChI is InChI=1S/C16H17NO7/c1-3-23-15(21)10-6-9-4-5-12(18)11(13(9)24-16(10)22)7-17-8(2)14(19)20/h4-6,8,17-18H,3,7H2,1-2H3,(H,19,20). The maximum Gasteiger partial charge on any atom is 0.351 e. The Kier molecular flexibility index (Phi) is 5.20. The lowest BCUT2D eigenvalue weighted by Crippen LogP contribution is -2.33. The van der Waals surface area contributed by atoms with E-state index in [0.29, 0.717) is 5.39 Å². The summed E-state index contributed by atoms with van der Waals surface area (Å²) in [4.78, 5) is 34.6. The second kappa shape index (κ2) is 7.14. The molecule has 0 aliphatic heterocycles. The van der Waals surface area contributed by atoms with E-state index in [9.17, 15) is 19.5 Å². The smallest absolute Gasteiger partial charge is 0.351 e. The second-order valence-electron chi connectivity index (χ2n) is 5.09. The highest BCUT2D eigenvalue weighted by Crippen LogP contribution is 2.27. The van der Waals surface area contributed by atoms with Crippen LogP contribution in [0, 0.1) is 0 Å². The van der Waals surface area contributed by atoms with E-state index in [1.54, 1.807) is 6.92 Å². The summed E-state index contributed by atoms with van der Waals surface area (Å²) in [6, 6.07) is 3.33. The van der Waals surface area contributed by atoms with Crippen LogP contribution in [0.3, 0.4) is 0 Å². The highest BCUT2D eigenvalue weighted by molar-refractivity contribution is 5.93. The van der Waals surface area contributed by atoms with Crippen molar-refractivity contribution in [1.82, 2.24) is 5.32 Å². The quantitative estimate of drug-likeness (QED) is 0.532. The van der Waals surface area contributed by atoms with E-state index in [4.69, 9.17) is 14.3 Å². The molecule has 8 nitrogen and oxygen atoms in total. The van der Waals surface area contributed by atoms with Crippen molar-refractivity contribution in [3.05, 3.63) is 39.7 Å². The molecule has 1 aromatic carbocycles. The predicted octanol–water partition coefficient (Wildman–Crippen LogP) is 1.24. The average molecular weight is 335 g/mol. The third kappa shape index (κ3) is 3.54. The van der Waals surface area contributed by atoms with Gasteiger partial charge in [-0.05, 0) is 32.0 Å². The number of esters is 1. The lowest BCUT2D eigenvalue weighted by molar-refractivity contribution is -0.139. The van der Waals surface area contributed by atoms with Crippen molar-refractivity contribution >= 4 is 22.9 Å².